The van der Waals surface area contributed by atoms with Gasteiger partial charge >= 0.3 is 0 Å². The average Bonchev–Trinajstić information content (AvgIpc) is 2.59. The largest absolute Gasteiger partial charge is 0.493 e. The summed E-state index contributed by atoms with van der Waals surface area (Å²) in [6.07, 6.45) is 1.50. The van der Waals surface area contributed by atoms with E-state index in [0.717, 1.165) is 10.0 Å². The van der Waals surface area contributed by atoms with Crippen LogP contribution in [-0.2, 0) is 6.61 Å². The van der Waals surface area contributed by atoms with Gasteiger partial charge in [-0.05, 0) is 41.5 Å². The number of hydrogen-bond acceptors (Lipinski definition) is 4. The highest BCUT2D eigenvalue weighted by molar-refractivity contribution is 9.10. The molecule has 0 N–H and O–H groups in total. The van der Waals surface area contributed by atoms with Crippen molar-refractivity contribution in [2.75, 3.05) is 7.11 Å². The Kier molecular flexibility index (Phi) is 5.80. The third kappa shape index (κ3) is 4.60. The Morgan fingerprint density at radius 1 is 1.09 bits per heavy atom. The van der Waals surface area contributed by atoms with Crippen LogP contribution in [0, 0.1) is 22.7 Å². The minimum absolute atomic E-state index is 0.0376. The molecular formula is C18H13BrN2O2. The molecule has 4 nitrogen and oxygen atoms in total. The van der Waals surface area contributed by atoms with Crippen molar-refractivity contribution < 1.29 is 9.47 Å². The van der Waals surface area contributed by atoms with Crippen LogP contribution in [0.2, 0.25) is 0 Å². The molecule has 0 aromatic heterocycles. The highest BCUT2D eigenvalue weighted by atomic mass is 79.9. The SMILES string of the molecule is COc1cc(C=C(C#N)C#N)ccc1OCc1ccc(Br)cc1. The molecule has 2 aromatic rings. The Morgan fingerprint density at radius 3 is 2.39 bits per heavy atom. The lowest BCUT2D eigenvalue weighted by atomic mass is 10.1. The quantitative estimate of drug-likeness (QED) is 0.730. The summed E-state index contributed by atoms with van der Waals surface area (Å²) in [5, 5.41) is 17.6. The first kappa shape index (κ1) is 16.6. The molecule has 0 aliphatic heterocycles. The van der Waals surface area contributed by atoms with Gasteiger partial charge in [-0.15, -0.1) is 0 Å². The van der Waals surface area contributed by atoms with Gasteiger partial charge in [0.25, 0.3) is 0 Å². The van der Waals surface area contributed by atoms with Crippen LogP contribution >= 0.6 is 15.9 Å². The highest BCUT2D eigenvalue weighted by Gasteiger charge is 2.06. The molecule has 2 aromatic carbocycles. The van der Waals surface area contributed by atoms with Crippen molar-refractivity contribution in [3.05, 3.63) is 63.6 Å². The molecule has 114 valence electrons. The first-order valence-corrected chi connectivity index (χ1v) is 7.52. The van der Waals surface area contributed by atoms with E-state index in [2.05, 4.69) is 15.9 Å². The van der Waals surface area contributed by atoms with Gasteiger partial charge in [-0.1, -0.05) is 34.1 Å². The van der Waals surface area contributed by atoms with E-state index >= 15 is 0 Å². The fourth-order valence-corrected chi connectivity index (χ4v) is 2.16. The highest BCUT2D eigenvalue weighted by Crippen LogP contribution is 2.29. The Morgan fingerprint density at radius 2 is 1.78 bits per heavy atom. The molecule has 23 heavy (non-hydrogen) atoms. The third-order valence-electron chi connectivity index (χ3n) is 3.05. The maximum Gasteiger partial charge on any atom is 0.161 e. The molecule has 0 fully saturated rings. The molecule has 0 bridgehead atoms. The lowest BCUT2D eigenvalue weighted by molar-refractivity contribution is 0.284. The summed E-state index contributed by atoms with van der Waals surface area (Å²) < 4.78 is 12.1. The standard InChI is InChI=1S/C18H13BrN2O2/c1-22-18-9-14(8-15(10-20)11-21)4-7-17(18)23-12-13-2-5-16(19)6-3-13/h2-9H,12H2,1H3. The van der Waals surface area contributed by atoms with Gasteiger partial charge in [0.05, 0.1) is 7.11 Å². The van der Waals surface area contributed by atoms with E-state index in [1.54, 1.807) is 25.3 Å². The second kappa shape index (κ2) is 8.03. The summed E-state index contributed by atoms with van der Waals surface area (Å²) in [5.41, 5.74) is 1.78. The zero-order chi connectivity index (χ0) is 16.7. The predicted molar refractivity (Wildman–Crippen MR) is 90.7 cm³/mol. The van der Waals surface area contributed by atoms with Gasteiger partial charge in [-0.3, -0.25) is 0 Å². The number of nitrogens with zero attached hydrogens (tertiary/aromatic N) is 2. The van der Waals surface area contributed by atoms with Gasteiger partial charge in [0.1, 0.15) is 24.3 Å². The van der Waals surface area contributed by atoms with Crippen molar-refractivity contribution in [1.29, 1.82) is 10.5 Å². The van der Waals surface area contributed by atoms with E-state index in [0.29, 0.717) is 23.7 Å². The van der Waals surface area contributed by atoms with E-state index in [-0.39, 0.29) is 5.57 Å². The topological polar surface area (TPSA) is 66.0 Å². The summed E-state index contributed by atoms with van der Waals surface area (Å²) in [4.78, 5) is 0. The number of rotatable bonds is 5. The molecule has 2 rings (SSSR count). The first-order valence-electron chi connectivity index (χ1n) is 6.73. The molecule has 0 aliphatic carbocycles. The maximum absolute atomic E-state index is 8.80. The van der Waals surface area contributed by atoms with Crippen LogP contribution < -0.4 is 9.47 Å². The van der Waals surface area contributed by atoms with Crippen LogP contribution in [0.4, 0.5) is 0 Å². The molecule has 0 spiro atoms. The summed E-state index contributed by atoms with van der Waals surface area (Å²) in [6, 6.07) is 16.8. The van der Waals surface area contributed by atoms with Gasteiger partial charge < -0.3 is 9.47 Å². The van der Waals surface area contributed by atoms with Crippen molar-refractivity contribution in [2.24, 2.45) is 0 Å². The number of allylic oxidation sites excluding steroid dienone is 1. The van der Waals surface area contributed by atoms with E-state index in [1.165, 1.54) is 6.08 Å². The Labute approximate surface area is 143 Å². The van der Waals surface area contributed by atoms with Gasteiger partial charge in [0.2, 0.25) is 0 Å². The second-order valence-electron chi connectivity index (χ2n) is 4.61. The Bertz CT molecular complexity index is 783. The van der Waals surface area contributed by atoms with Gasteiger partial charge in [0, 0.05) is 4.47 Å². The Balaban J connectivity index is 2.17. The van der Waals surface area contributed by atoms with Crippen LogP contribution in [0.3, 0.4) is 0 Å². The molecule has 0 saturated heterocycles. The molecule has 0 aliphatic rings. The fraction of sp³-hybridized carbons (Fsp3) is 0.111. The van der Waals surface area contributed by atoms with Crippen LogP contribution in [-0.4, -0.2) is 7.11 Å². The smallest absolute Gasteiger partial charge is 0.161 e. The number of methoxy groups -OCH3 is 1. The minimum atomic E-state index is 0.0376. The molecule has 0 heterocycles. The minimum Gasteiger partial charge on any atom is -0.493 e. The lowest BCUT2D eigenvalue weighted by Gasteiger charge is -2.11. The van der Waals surface area contributed by atoms with Crippen molar-refractivity contribution in [3.8, 4) is 23.6 Å². The van der Waals surface area contributed by atoms with Crippen molar-refractivity contribution in [1.82, 2.24) is 0 Å². The van der Waals surface area contributed by atoms with Gasteiger partial charge in [-0.25, -0.2) is 0 Å². The van der Waals surface area contributed by atoms with Gasteiger partial charge in [0.15, 0.2) is 11.5 Å². The van der Waals surface area contributed by atoms with Crippen LogP contribution in [0.5, 0.6) is 11.5 Å². The van der Waals surface area contributed by atoms with Crippen LogP contribution in [0.1, 0.15) is 11.1 Å². The number of hydrogen-bond donors (Lipinski definition) is 0. The fourth-order valence-electron chi connectivity index (χ4n) is 1.89. The summed E-state index contributed by atoms with van der Waals surface area (Å²) >= 11 is 3.39. The summed E-state index contributed by atoms with van der Waals surface area (Å²) in [6.45, 7) is 0.417. The monoisotopic (exact) mass is 368 g/mol. The molecule has 0 atom stereocenters. The number of benzene rings is 2. The molecular weight excluding hydrogens is 356 g/mol. The molecule has 5 heteroatoms. The number of halogens is 1. The Hall–Kier alpha value is -2.76. The zero-order valence-electron chi connectivity index (χ0n) is 12.4. The normalized spacial score (nSPS) is 9.39. The zero-order valence-corrected chi connectivity index (χ0v) is 14.0. The van der Waals surface area contributed by atoms with Crippen molar-refractivity contribution in [2.45, 2.75) is 6.61 Å². The summed E-state index contributed by atoms with van der Waals surface area (Å²) in [7, 11) is 1.55. The molecule has 0 unspecified atom stereocenters. The maximum atomic E-state index is 8.80. The van der Waals surface area contributed by atoms with Crippen molar-refractivity contribution >= 4 is 22.0 Å². The third-order valence-corrected chi connectivity index (χ3v) is 3.58. The molecule has 0 radical (unpaired) electrons. The average molecular weight is 369 g/mol. The lowest BCUT2D eigenvalue weighted by Crippen LogP contribution is -1.98. The van der Waals surface area contributed by atoms with Crippen LogP contribution in [0.25, 0.3) is 6.08 Å². The predicted octanol–water partition coefficient (Wildman–Crippen LogP) is 4.47. The van der Waals surface area contributed by atoms with E-state index in [4.69, 9.17) is 20.0 Å². The number of ether oxygens (including phenoxy) is 2. The van der Waals surface area contributed by atoms with E-state index in [9.17, 15) is 0 Å². The van der Waals surface area contributed by atoms with E-state index in [1.807, 2.05) is 36.4 Å². The molecule has 0 amide bonds. The first-order chi connectivity index (χ1) is 11.2. The van der Waals surface area contributed by atoms with E-state index < -0.39 is 0 Å². The second-order valence-corrected chi connectivity index (χ2v) is 5.52. The summed E-state index contributed by atoms with van der Waals surface area (Å²) in [5.74, 6) is 1.15. The number of nitriles is 2. The van der Waals surface area contributed by atoms with Gasteiger partial charge in [-0.2, -0.15) is 10.5 Å². The molecule has 0 saturated carbocycles. The van der Waals surface area contributed by atoms with Crippen molar-refractivity contribution in [3.63, 3.8) is 0 Å². The van der Waals surface area contributed by atoms with Crippen LogP contribution in [0.15, 0.2) is 52.5 Å².